The monoisotopic (exact) mass is 286 g/mol. The Kier molecular flexibility index (Phi) is 15.5. The van der Waals surface area contributed by atoms with Crippen LogP contribution in [0.15, 0.2) is 12.2 Å². The molecule has 0 saturated heterocycles. The minimum Gasteiger partial charge on any atom is -0.281 e. The van der Waals surface area contributed by atoms with Crippen LogP contribution in [0.25, 0.3) is 0 Å². The van der Waals surface area contributed by atoms with Crippen molar-refractivity contribution in [1.29, 1.82) is 0 Å². The number of rotatable bonds is 14. The highest BCUT2D eigenvalue weighted by Crippen LogP contribution is 2.09. The van der Waals surface area contributed by atoms with Crippen molar-refractivity contribution in [3.05, 3.63) is 12.2 Å². The van der Waals surface area contributed by atoms with E-state index in [2.05, 4.69) is 19.1 Å². The van der Waals surface area contributed by atoms with Crippen molar-refractivity contribution in [3.8, 4) is 0 Å². The van der Waals surface area contributed by atoms with Crippen LogP contribution in [0.2, 0.25) is 0 Å². The standard InChI is InChI=1S/C17H31ClO/c1-2-3-4-5-6-7-8-9-10-11-12-13-14-15-16-17(18)19/h9-10H,2-8,11-16H2,1H3/b10-9+. The average Bonchev–Trinajstić information content (AvgIpc) is 2.39. The van der Waals surface area contributed by atoms with Gasteiger partial charge in [-0.3, -0.25) is 4.79 Å². The molecule has 0 aromatic heterocycles. The number of carbonyl (C=O) groups is 1. The van der Waals surface area contributed by atoms with Crippen molar-refractivity contribution in [3.63, 3.8) is 0 Å². The van der Waals surface area contributed by atoms with Crippen LogP contribution in [0, 0.1) is 0 Å². The van der Waals surface area contributed by atoms with E-state index in [-0.39, 0.29) is 5.24 Å². The van der Waals surface area contributed by atoms with Crippen LogP contribution in [-0.2, 0) is 4.79 Å². The van der Waals surface area contributed by atoms with Gasteiger partial charge in [-0.1, -0.05) is 64.0 Å². The third-order valence-electron chi connectivity index (χ3n) is 3.39. The van der Waals surface area contributed by atoms with Gasteiger partial charge in [-0.25, -0.2) is 0 Å². The molecule has 0 aromatic rings. The quantitative estimate of drug-likeness (QED) is 0.205. The fourth-order valence-corrected chi connectivity index (χ4v) is 2.29. The molecule has 112 valence electrons. The zero-order valence-electron chi connectivity index (χ0n) is 12.6. The van der Waals surface area contributed by atoms with Gasteiger partial charge in [0.2, 0.25) is 5.24 Å². The molecule has 0 aliphatic heterocycles. The second-order valence-corrected chi connectivity index (χ2v) is 5.76. The van der Waals surface area contributed by atoms with Crippen LogP contribution in [0.3, 0.4) is 0 Å². The van der Waals surface area contributed by atoms with Gasteiger partial charge in [-0.05, 0) is 43.7 Å². The van der Waals surface area contributed by atoms with Gasteiger partial charge >= 0.3 is 0 Å². The summed E-state index contributed by atoms with van der Waals surface area (Å²) in [6, 6.07) is 0. The van der Waals surface area contributed by atoms with E-state index in [1.807, 2.05) is 0 Å². The molecule has 1 nitrogen and oxygen atoms in total. The van der Waals surface area contributed by atoms with Gasteiger partial charge in [-0.15, -0.1) is 0 Å². The molecule has 0 N–H and O–H groups in total. The van der Waals surface area contributed by atoms with Gasteiger partial charge in [0.05, 0.1) is 0 Å². The number of halogens is 1. The molecule has 0 fully saturated rings. The van der Waals surface area contributed by atoms with E-state index in [1.165, 1.54) is 64.2 Å². The third kappa shape index (κ3) is 17.7. The van der Waals surface area contributed by atoms with Crippen molar-refractivity contribution < 1.29 is 4.79 Å². The first-order chi connectivity index (χ1) is 9.27. The molecule has 0 rings (SSSR count). The number of hydrogen-bond acceptors (Lipinski definition) is 1. The van der Waals surface area contributed by atoms with E-state index >= 15 is 0 Å². The van der Waals surface area contributed by atoms with Gasteiger partial charge in [0.1, 0.15) is 0 Å². The van der Waals surface area contributed by atoms with Crippen molar-refractivity contribution in [2.75, 3.05) is 0 Å². The minimum atomic E-state index is -0.196. The largest absolute Gasteiger partial charge is 0.281 e. The Bertz CT molecular complexity index is 223. The molecule has 0 heterocycles. The summed E-state index contributed by atoms with van der Waals surface area (Å²) in [5.74, 6) is 0. The van der Waals surface area contributed by atoms with Crippen LogP contribution in [0.1, 0.15) is 90.4 Å². The number of carbonyl (C=O) groups excluding carboxylic acids is 1. The maximum atomic E-state index is 10.5. The SMILES string of the molecule is CCCCCCCC/C=C/CCCCCCC(=O)Cl. The van der Waals surface area contributed by atoms with Crippen molar-refractivity contribution in [2.24, 2.45) is 0 Å². The molecule has 0 aromatic carbocycles. The Morgan fingerprint density at radius 1 is 0.789 bits per heavy atom. The maximum absolute atomic E-state index is 10.5. The van der Waals surface area contributed by atoms with Crippen molar-refractivity contribution >= 4 is 16.8 Å². The van der Waals surface area contributed by atoms with Gasteiger partial charge in [0, 0.05) is 6.42 Å². The molecule has 0 amide bonds. The predicted octanol–water partition coefficient (Wildman–Crippen LogP) is 6.40. The molecule has 0 aliphatic rings. The average molecular weight is 287 g/mol. The smallest absolute Gasteiger partial charge is 0.221 e. The van der Waals surface area contributed by atoms with Gasteiger partial charge in [0.25, 0.3) is 0 Å². The lowest BCUT2D eigenvalue weighted by Crippen LogP contribution is -1.85. The van der Waals surface area contributed by atoms with Crippen molar-refractivity contribution in [1.82, 2.24) is 0 Å². The Hall–Kier alpha value is -0.300. The molecule has 0 aliphatic carbocycles. The number of unbranched alkanes of at least 4 members (excludes halogenated alkanes) is 10. The summed E-state index contributed by atoms with van der Waals surface area (Å²) in [5, 5.41) is -0.196. The maximum Gasteiger partial charge on any atom is 0.221 e. The van der Waals surface area contributed by atoms with Crippen LogP contribution < -0.4 is 0 Å². The Labute approximate surface area is 124 Å². The van der Waals surface area contributed by atoms with Crippen LogP contribution in [0.5, 0.6) is 0 Å². The number of hydrogen-bond donors (Lipinski definition) is 0. The Morgan fingerprint density at radius 2 is 1.26 bits per heavy atom. The van der Waals surface area contributed by atoms with Crippen LogP contribution in [0.4, 0.5) is 0 Å². The Morgan fingerprint density at radius 3 is 1.79 bits per heavy atom. The van der Waals surface area contributed by atoms with Crippen LogP contribution >= 0.6 is 11.6 Å². The highest BCUT2D eigenvalue weighted by molar-refractivity contribution is 6.63. The Balaban J connectivity index is 3.07. The summed E-state index contributed by atoms with van der Waals surface area (Å²) >= 11 is 5.28. The first-order valence-corrected chi connectivity index (χ1v) is 8.48. The summed E-state index contributed by atoms with van der Waals surface area (Å²) in [5.41, 5.74) is 0. The molecular weight excluding hydrogens is 256 g/mol. The molecule has 0 atom stereocenters. The fourth-order valence-electron chi connectivity index (χ4n) is 2.16. The highest BCUT2D eigenvalue weighted by atomic mass is 35.5. The first kappa shape index (κ1) is 18.7. The zero-order valence-corrected chi connectivity index (χ0v) is 13.4. The van der Waals surface area contributed by atoms with Gasteiger partial charge in [0.15, 0.2) is 0 Å². The zero-order chi connectivity index (χ0) is 14.2. The predicted molar refractivity (Wildman–Crippen MR) is 85.7 cm³/mol. The second kappa shape index (κ2) is 15.8. The summed E-state index contributed by atoms with van der Waals surface area (Å²) < 4.78 is 0. The summed E-state index contributed by atoms with van der Waals surface area (Å²) in [4.78, 5) is 10.5. The first-order valence-electron chi connectivity index (χ1n) is 8.10. The van der Waals surface area contributed by atoms with E-state index in [0.29, 0.717) is 6.42 Å². The molecule has 0 radical (unpaired) electrons. The van der Waals surface area contributed by atoms with E-state index in [1.54, 1.807) is 0 Å². The number of allylic oxidation sites excluding steroid dienone is 2. The molecule has 0 bridgehead atoms. The molecule has 19 heavy (non-hydrogen) atoms. The van der Waals surface area contributed by atoms with Gasteiger partial charge in [-0.2, -0.15) is 0 Å². The lowest BCUT2D eigenvalue weighted by atomic mass is 10.1. The van der Waals surface area contributed by atoms with E-state index in [0.717, 1.165) is 12.8 Å². The van der Waals surface area contributed by atoms with E-state index in [4.69, 9.17) is 11.6 Å². The van der Waals surface area contributed by atoms with Crippen molar-refractivity contribution in [2.45, 2.75) is 90.4 Å². The molecule has 2 heteroatoms. The lowest BCUT2D eigenvalue weighted by Gasteiger charge is -1.98. The summed E-state index contributed by atoms with van der Waals surface area (Å²) in [7, 11) is 0. The van der Waals surface area contributed by atoms with E-state index in [9.17, 15) is 4.79 Å². The summed E-state index contributed by atoms with van der Waals surface area (Å²) in [6.07, 6.45) is 20.4. The molecule has 0 saturated carbocycles. The molecule has 0 unspecified atom stereocenters. The molecular formula is C17H31ClO. The topological polar surface area (TPSA) is 17.1 Å². The molecule has 0 spiro atoms. The van der Waals surface area contributed by atoms with Gasteiger partial charge < -0.3 is 0 Å². The normalized spacial score (nSPS) is 11.3. The van der Waals surface area contributed by atoms with Crippen LogP contribution in [-0.4, -0.2) is 5.24 Å². The van der Waals surface area contributed by atoms with E-state index < -0.39 is 0 Å². The fraction of sp³-hybridized carbons (Fsp3) is 0.824. The third-order valence-corrected chi connectivity index (χ3v) is 3.57. The highest BCUT2D eigenvalue weighted by Gasteiger charge is 1.95. The second-order valence-electron chi connectivity index (χ2n) is 5.34. The lowest BCUT2D eigenvalue weighted by molar-refractivity contribution is -0.111. The minimum absolute atomic E-state index is 0.196. The summed E-state index contributed by atoms with van der Waals surface area (Å²) in [6.45, 7) is 2.26.